The summed E-state index contributed by atoms with van der Waals surface area (Å²) in [6.45, 7) is 2.11. The number of aryl methyl sites for hydroxylation is 1. The molecule has 1 aromatic heterocycles. The Bertz CT molecular complexity index is 1450. The molecule has 0 radical (unpaired) electrons. The quantitative estimate of drug-likeness (QED) is 0.385. The van der Waals surface area contributed by atoms with E-state index in [2.05, 4.69) is 76.4 Å². The molecule has 2 heterocycles. The lowest BCUT2D eigenvalue weighted by Gasteiger charge is -2.20. The first-order valence-electron chi connectivity index (χ1n) is 11.0. The smallest absolute Gasteiger partial charge is 0.0900 e. The molecule has 3 aromatic rings. The zero-order valence-corrected chi connectivity index (χ0v) is 17.9. The van der Waals surface area contributed by atoms with Crippen LogP contribution in [-0.4, -0.2) is 20.6 Å². The minimum absolute atomic E-state index is 0.406. The van der Waals surface area contributed by atoms with E-state index in [1.54, 1.807) is 6.20 Å². The average Bonchev–Trinajstić information content (AvgIpc) is 3.64. The van der Waals surface area contributed by atoms with Crippen molar-refractivity contribution in [2.24, 2.45) is 4.99 Å². The van der Waals surface area contributed by atoms with E-state index in [4.69, 9.17) is 9.98 Å². The second kappa shape index (κ2) is 7.61. The normalized spacial score (nSPS) is 14.2. The summed E-state index contributed by atoms with van der Waals surface area (Å²) in [7, 11) is 0. The highest BCUT2D eigenvalue weighted by Crippen LogP contribution is 2.31. The number of para-hydroxylation sites is 2. The zero-order chi connectivity index (χ0) is 21.5. The van der Waals surface area contributed by atoms with E-state index in [9.17, 15) is 0 Å². The first-order valence-corrected chi connectivity index (χ1v) is 11.0. The standard InChI is InChI=1S/C27H23N5/c1-18-8-12-21(13-9-18)32-26-7-3-2-6-22(26)31-25-15-23(30-20-5-4-14-28-17-20)24(16-27(25)32)29-19-10-11-19/h2-9,12-17,19,30H,10-11H2,1H3. The number of fused-ring (bicyclic) bond motifs is 2. The molecule has 2 aliphatic carbocycles. The van der Waals surface area contributed by atoms with Crippen LogP contribution >= 0.6 is 0 Å². The van der Waals surface area contributed by atoms with Crippen molar-refractivity contribution >= 4 is 22.4 Å². The van der Waals surface area contributed by atoms with Gasteiger partial charge in [0.2, 0.25) is 0 Å². The first-order chi connectivity index (χ1) is 15.7. The van der Waals surface area contributed by atoms with Crippen LogP contribution in [-0.2, 0) is 0 Å². The molecular formula is C27H23N5. The van der Waals surface area contributed by atoms with Crippen molar-refractivity contribution in [3.05, 3.63) is 96.1 Å². The van der Waals surface area contributed by atoms with Crippen LogP contribution in [0.15, 0.2) is 90.2 Å². The Kier molecular flexibility index (Phi) is 4.46. The summed E-state index contributed by atoms with van der Waals surface area (Å²) in [5.41, 5.74) is 8.25. The second-order valence-corrected chi connectivity index (χ2v) is 8.36. The Morgan fingerprint density at radius 2 is 1.81 bits per heavy atom. The van der Waals surface area contributed by atoms with Crippen molar-refractivity contribution in [3.8, 4) is 17.1 Å². The summed E-state index contributed by atoms with van der Waals surface area (Å²) >= 11 is 0. The maximum absolute atomic E-state index is 5.02. The average molecular weight is 418 g/mol. The molecule has 0 spiro atoms. The molecule has 6 rings (SSSR count). The van der Waals surface area contributed by atoms with Gasteiger partial charge >= 0.3 is 0 Å². The number of hydrogen-bond acceptors (Lipinski definition) is 4. The largest absolute Gasteiger partial charge is 0.352 e. The molecular weight excluding hydrogens is 394 g/mol. The van der Waals surface area contributed by atoms with Crippen LogP contribution in [0.4, 0.5) is 11.4 Å². The van der Waals surface area contributed by atoms with E-state index in [0.29, 0.717) is 6.04 Å². The van der Waals surface area contributed by atoms with Crippen molar-refractivity contribution in [1.82, 2.24) is 14.5 Å². The lowest BCUT2D eigenvalue weighted by Crippen LogP contribution is -2.15. The maximum Gasteiger partial charge on any atom is 0.0900 e. The predicted octanol–water partition coefficient (Wildman–Crippen LogP) is 5.64. The fourth-order valence-corrected chi connectivity index (χ4v) is 4.01. The number of benzene rings is 3. The Hall–Kier alpha value is -3.99. The molecule has 0 bridgehead atoms. The van der Waals surface area contributed by atoms with Gasteiger partial charge in [0.25, 0.3) is 0 Å². The summed E-state index contributed by atoms with van der Waals surface area (Å²) in [4.78, 5) is 14.3. The van der Waals surface area contributed by atoms with E-state index in [1.807, 2.05) is 24.4 Å². The van der Waals surface area contributed by atoms with Crippen LogP contribution in [0.3, 0.4) is 0 Å². The lowest BCUT2D eigenvalue weighted by atomic mass is 10.1. The van der Waals surface area contributed by atoms with Gasteiger partial charge in [-0.3, -0.25) is 9.98 Å². The summed E-state index contributed by atoms with van der Waals surface area (Å²) < 4.78 is 2.29. The van der Waals surface area contributed by atoms with Gasteiger partial charge in [0.15, 0.2) is 0 Å². The highest BCUT2D eigenvalue weighted by molar-refractivity contribution is 5.84. The first kappa shape index (κ1) is 18.8. The molecule has 3 aliphatic rings. The van der Waals surface area contributed by atoms with Crippen LogP contribution in [0.2, 0.25) is 0 Å². The SMILES string of the molecule is Cc1ccc(-n2c3cc(=NC4CC4)c(Nc4cccnc4)cc-3nc3ccccc32)cc1. The molecule has 5 heteroatoms. The summed E-state index contributed by atoms with van der Waals surface area (Å²) in [5, 5.41) is 4.47. The Morgan fingerprint density at radius 3 is 2.59 bits per heavy atom. The van der Waals surface area contributed by atoms with E-state index in [1.165, 1.54) is 5.56 Å². The zero-order valence-electron chi connectivity index (χ0n) is 17.9. The highest BCUT2D eigenvalue weighted by atomic mass is 15.0. The molecule has 0 atom stereocenters. The highest BCUT2D eigenvalue weighted by Gasteiger charge is 2.21. The number of pyridine rings is 1. The van der Waals surface area contributed by atoms with Crippen LogP contribution < -0.4 is 10.7 Å². The Morgan fingerprint density at radius 1 is 0.969 bits per heavy atom. The van der Waals surface area contributed by atoms with Gasteiger partial charge in [-0.15, -0.1) is 0 Å². The van der Waals surface area contributed by atoms with E-state index in [-0.39, 0.29) is 0 Å². The molecule has 5 nitrogen and oxygen atoms in total. The molecule has 0 amide bonds. The van der Waals surface area contributed by atoms with Gasteiger partial charge in [0.05, 0.1) is 51.4 Å². The monoisotopic (exact) mass is 417 g/mol. The number of nitrogens with zero attached hydrogens (tertiary/aromatic N) is 4. The topological polar surface area (TPSA) is 55.1 Å². The molecule has 0 saturated heterocycles. The molecule has 1 aliphatic heterocycles. The number of rotatable bonds is 4. The fourth-order valence-electron chi connectivity index (χ4n) is 4.01. The third kappa shape index (κ3) is 3.52. The maximum atomic E-state index is 5.02. The molecule has 1 fully saturated rings. The number of nitrogens with one attached hydrogen (secondary N) is 1. The van der Waals surface area contributed by atoms with Crippen LogP contribution in [0, 0.1) is 6.92 Å². The fraction of sp³-hybridized carbons (Fsp3) is 0.148. The number of hydrogen-bond donors (Lipinski definition) is 1. The van der Waals surface area contributed by atoms with Gasteiger partial charge in [0.1, 0.15) is 0 Å². The minimum atomic E-state index is 0.406. The third-order valence-corrected chi connectivity index (χ3v) is 5.80. The van der Waals surface area contributed by atoms with Gasteiger partial charge in [0, 0.05) is 11.9 Å². The van der Waals surface area contributed by atoms with E-state index < -0.39 is 0 Å². The van der Waals surface area contributed by atoms with Crippen LogP contribution in [0.5, 0.6) is 0 Å². The Balaban J connectivity index is 1.64. The summed E-state index contributed by atoms with van der Waals surface area (Å²) in [6, 6.07) is 25.6. The lowest BCUT2D eigenvalue weighted by molar-refractivity contribution is 0.997. The van der Waals surface area contributed by atoms with Gasteiger partial charge in [-0.2, -0.15) is 0 Å². The number of anilines is 2. The Labute approximate surface area is 186 Å². The van der Waals surface area contributed by atoms with Crippen LogP contribution in [0.1, 0.15) is 18.4 Å². The van der Waals surface area contributed by atoms with Crippen molar-refractivity contribution in [2.45, 2.75) is 25.8 Å². The third-order valence-electron chi connectivity index (χ3n) is 5.80. The molecule has 1 N–H and O–H groups in total. The number of aromatic nitrogens is 3. The second-order valence-electron chi connectivity index (χ2n) is 8.36. The van der Waals surface area contributed by atoms with Gasteiger partial charge in [-0.05, 0) is 68.3 Å². The van der Waals surface area contributed by atoms with E-state index in [0.717, 1.165) is 57.7 Å². The molecule has 1 saturated carbocycles. The van der Waals surface area contributed by atoms with Crippen molar-refractivity contribution in [3.63, 3.8) is 0 Å². The van der Waals surface area contributed by atoms with Crippen molar-refractivity contribution in [1.29, 1.82) is 0 Å². The van der Waals surface area contributed by atoms with Crippen LogP contribution in [0.25, 0.3) is 28.1 Å². The van der Waals surface area contributed by atoms with E-state index >= 15 is 0 Å². The summed E-state index contributed by atoms with van der Waals surface area (Å²) in [6.07, 6.45) is 5.90. The van der Waals surface area contributed by atoms with Crippen molar-refractivity contribution < 1.29 is 0 Å². The van der Waals surface area contributed by atoms with Gasteiger partial charge in [-0.1, -0.05) is 29.8 Å². The van der Waals surface area contributed by atoms with Gasteiger partial charge < -0.3 is 9.88 Å². The molecule has 0 unspecified atom stereocenters. The van der Waals surface area contributed by atoms with Crippen molar-refractivity contribution in [2.75, 3.05) is 5.32 Å². The summed E-state index contributed by atoms with van der Waals surface area (Å²) in [5.74, 6) is 0. The molecule has 156 valence electrons. The molecule has 2 aromatic carbocycles. The minimum Gasteiger partial charge on any atom is -0.352 e. The molecule has 32 heavy (non-hydrogen) atoms. The predicted molar refractivity (Wildman–Crippen MR) is 129 cm³/mol. The van der Waals surface area contributed by atoms with Gasteiger partial charge in [-0.25, -0.2) is 4.98 Å².